The van der Waals surface area contributed by atoms with Gasteiger partial charge in [-0.05, 0) is 57.2 Å². The van der Waals surface area contributed by atoms with Gasteiger partial charge in [0.05, 0.1) is 0 Å². The van der Waals surface area contributed by atoms with Crippen molar-refractivity contribution >= 4 is 6.09 Å². The first kappa shape index (κ1) is 16.2. The van der Waals surface area contributed by atoms with E-state index in [0.717, 1.165) is 45.4 Å². The Bertz CT molecular complexity index is 560. The van der Waals surface area contributed by atoms with Gasteiger partial charge in [0, 0.05) is 44.6 Å². The fourth-order valence-electron chi connectivity index (χ4n) is 3.45. The summed E-state index contributed by atoms with van der Waals surface area (Å²) in [6.07, 6.45) is 6.84. The van der Waals surface area contributed by atoms with Crippen LogP contribution in [0, 0.1) is 0 Å². The van der Waals surface area contributed by atoms with Crippen LogP contribution in [0.1, 0.15) is 44.7 Å². The number of amides is 1. The fourth-order valence-corrected chi connectivity index (χ4v) is 3.45. The predicted molar refractivity (Wildman–Crippen MR) is 89.2 cm³/mol. The molecule has 1 aromatic rings. The number of ether oxygens (including phenoxy) is 1. The number of rotatable bonds is 1. The molecule has 3 rings (SSSR count). The maximum absolute atomic E-state index is 12.1. The largest absolute Gasteiger partial charge is 0.444 e. The molecular weight excluding hydrogens is 290 g/mol. The highest BCUT2D eigenvalue weighted by molar-refractivity contribution is 5.68. The predicted octanol–water partition coefficient (Wildman–Crippen LogP) is 2.84. The Morgan fingerprint density at radius 2 is 1.96 bits per heavy atom. The average Bonchev–Trinajstić information content (AvgIpc) is 2.53. The second-order valence-electron chi connectivity index (χ2n) is 7.56. The van der Waals surface area contributed by atoms with Crippen LogP contribution in [0.15, 0.2) is 18.5 Å². The second kappa shape index (κ2) is 6.48. The first-order valence-electron chi connectivity index (χ1n) is 8.56. The number of fused-ring (bicyclic) bond motifs is 1. The Morgan fingerprint density at radius 1 is 1.22 bits per heavy atom. The normalized spacial score (nSPS) is 20.2. The number of aromatic nitrogens is 1. The highest BCUT2D eigenvalue weighted by Crippen LogP contribution is 2.25. The van der Waals surface area contributed by atoms with Crippen LogP contribution in [-0.4, -0.2) is 52.2 Å². The van der Waals surface area contributed by atoms with Crippen molar-refractivity contribution in [1.29, 1.82) is 0 Å². The van der Waals surface area contributed by atoms with Crippen molar-refractivity contribution in [2.75, 3.05) is 19.6 Å². The number of carbonyl (C=O) groups excluding carboxylic acids is 1. The Kier molecular flexibility index (Phi) is 4.57. The molecule has 0 N–H and O–H groups in total. The summed E-state index contributed by atoms with van der Waals surface area (Å²) in [6.45, 7) is 9.43. The van der Waals surface area contributed by atoms with Gasteiger partial charge in [0.1, 0.15) is 5.60 Å². The van der Waals surface area contributed by atoms with Gasteiger partial charge in [0.2, 0.25) is 0 Å². The minimum Gasteiger partial charge on any atom is -0.444 e. The molecule has 126 valence electrons. The molecule has 23 heavy (non-hydrogen) atoms. The standard InChI is InChI=1S/C18H27N3O2/c1-18(2,3)23-17(22)20-10-6-16(7-11-20)21-9-5-14-12-19-8-4-15(14)13-21/h4,8,12,16H,5-7,9-11,13H2,1-3H3. The summed E-state index contributed by atoms with van der Waals surface area (Å²) in [5.74, 6) is 0. The lowest BCUT2D eigenvalue weighted by Crippen LogP contribution is -2.49. The van der Waals surface area contributed by atoms with Crippen LogP contribution in [0.4, 0.5) is 4.79 Å². The molecule has 0 radical (unpaired) electrons. The van der Waals surface area contributed by atoms with Gasteiger partial charge >= 0.3 is 6.09 Å². The topological polar surface area (TPSA) is 45.7 Å². The first-order valence-corrected chi connectivity index (χ1v) is 8.56. The van der Waals surface area contributed by atoms with Crippen LogP contribution in [0.5, 0.6) is 0 Å². The quantitative estimate of drug-likeness (QED) is 0.799. The van der Waals surface area contributed by atoms with Crippen LogP contribution >= 0.6 is 0 Å². The van der Waals surface area contributed by atoms with Crippen molar-refractivity contribution in [2.24, 2.45) is 0 Å². The smallest absolute Gasteiger partial charge is 0.410 e. The van der Waals surface area contributed by atoms with Crippen LogP contribution in [0.25, 0.3) is 0 Å². The van der Waals surface area contributed by atoms with Crippen LogP contribution in [-0.2, 0) is 17.7 Å². The Balaban J connectivity index is 1.53. The van der Waals surface area contributed by atoms with E-state index in [2.05, 4.69) is 16.0 Å². The molecule has 1 fully saturated rings. The summed E-state index contributed by atoms with van der Waals surface area (Å²) >= 11 is 0. The number of likely N-dealkylation sites (tertiary alicyclic amines) is 1. The third-order valence-corrected chi connectivity index (χ3v) is 4.68. The summed E-state index contributed by atoms with van der Waals surface area (Å²) < 4.78 is 5.47. The Morgan fingerprint density at radius 3 is 2.65 bits per heavy atom. The van der Waals surface area contributed by atoms with Crippen molar-refractivity contribution in [3.63, 3.8) is 0 Å². The number of hydrogen-bond acceptors (Lipinski definition) is 4. The summed E-state index contributed by atoms with van der Waals surface area (Å²) in [4.78, 5) is 20.8. The molecule has 1 amide bonds. The molecule has 2 aliphatic heterocycles. The summed E-state index contributed by atoms with van der Waals surface area (Å²) in [7, 11) is 0. The molecule has 0 unspecified atom stereocenters. The molecule has 0 aliphatic carbocycles. The molecule has 1 aromatic heterocycles. The number of hydrogen-bond donors (Lipinski definition) is 0. The number of pyridine rings is 1. The van der Waals surface area contributed by atoms with Gasteiger partial charge < -0.3 is 9.64 Å². The number of carbonyl (C=O) groups is 1. The molecule has 3 heterocycles. The van der Waals surface area contributed by atoms with E-state index in [0.29, 0.717) is 6.04 Å². The Labute approximate surface area is 138 Å². The summed E-state index contributed by atoms with van der Waals surface area (Å²) in [5, 5.41) is 0. The lowest BCUT2D eigenvalue weighted by atomic mass is 9.97. The zero-order chi connectivity index (χ0) is 16.4. The minimum absolute atomic E-state index is 0.175. The van der Waals surface area contributed by atoms with E-state index in [9.17, 15) is 4.79 Å². The SMILES string of the molecule is CC(C)(C)OC(=O)N1CCC(N2CCc3cnccc3C2)CC1. The minimum atomic E-state index is -0.418. The van der Waals surface area contributed by atoms with Crippen molar-refractivity contribution in [2.45, 2.75) is 58.2 Å². The highest BCUT2D eigenvalue weighted by atomic mass is 16.6. The zero-order valence-corrected chi connectivity index (χ0v) is 14.4. The molecule has 1 saturated heterocycles. The van der Waals surface area contributed by atoms with E-state index in [1.165, 1.54) is 11.1 Å². The Hall–Kier alpha value is -1.62. The van der Waals surface area contributed by atoms with E-state index in [1.807, 2.05) is 38.1 Å². The molecule has 0 aromatic carbocycles. The van der Waals surface area contributed by atoms with Gasteiger partial charge in [-0.3, -0.25) is 9.88 Å². The molecule has 2 aliphatic rings. The fraction of sp³-hybridized carbons (Fsp3) is 0.667. The van der Waals surface area contributed by atoms with Gasteiger partial charge in [0.25, 0.3) is 0 Å². The molecule has 0 saturated carbocycles. The second-order valence-corrected chi connectivity index (χ2v) is 7.56. The zero-order valence-electron chi connectivity index (χ0n) is 14.4. The molecule has 0 bridgehead atoms. The third-order valence-electron chi connectivity index (χ3n) is 4.68. The van der Waals surface area contributed by atoms with E-state index >= 15 is 0 Å². The first-order chi connectivity index (χ1) is 10.9. The van der Waals surface area contributed by atoms with E-state index in [4.69, 9.17) is 4.74 Å². The number of nitrogens with zero attached hydrogens (tertiary/aromatic N) is 3. The summed E-state index contributed by atoms with van der Waals surface area (Å²) in [5.41, 5.74) is 2.37. The molecular formula is C18H27N3O2. The maximum Gasteiger partial charge on any atom is 0.410 e. The van der Waals surface area contributed by atoms with E-state index in [1.54, 1.807) is 0 Å². The van der Waals surface area contributed by atoms with Gasteiger partial charge in [-0.1, -0.05) is 0 Å². The lowest BCUT2D eigenvalue weighted by Gasteiger charge is -2.40. The van der Waals surface area contributed by atoms with Crippen LogP contribution in [0.2, 0.25) is 0 Å². The van der Waals surface area contributed by atoms with Crippen molar-refractivity contribution in [3.8, 4) is 0 Å². The van der Waals surface area contributed by atoms with Crippen molar-refractivity contribution < 1.29 is 9.53 Å². The van der Waals surface area contributed by atoms with E-state index < -0.39 is 5.60 Å². The van der Waals surface area contributed by atoms with Gasteiger partial charge in [-0.25, -0.2) is 4.79 Å². The van der Waals surface area contributed by atoms with Gasteiger partial charge in [0.15, 0.2) is 0 Å². The van der Waals surface area contributed by atoms with Gasteiger partial charge in [-0.2, -0.15) is 0 Å². The van der Waals surface area contributed by atoms with Crippen LogP contribution < -0.4 is 0 Å². The molecule has 5 nitrogen and oxygen atoms in total. The number of piperidine rings is 1. The van der Waals surface area contributed by atoms with Crippen LogP contribution in [0.3, 0.4) is 0 Å². The van der Waals surface area contributed by atoms with E-state index in [-0.39, 0.29) is 6.09 Å². The van der Waals surface area contributed by atoms with Crippen molar-refractivity contribution in [1.82, 2.24) is 14.8 Å². The molecule has 0 atom stereocenters. The molecule has 5 heteroatoms. The summed E-state index contributed by atoms with van der Waals surface area (Å²) in [6, 6.07) is 2.70. The highest BCUT2D eigenvalue weighted by Gasteiger charge is 2.30. The lowest BCUT2D eigenvalue weighted by molar-refractivity contribution is 0.0134. The molecule has 0 spiro atoms. The average molecular weight is 317 g/mol. The third kappa shape index (κ3) is 4.02. The monoisotopic (exact) mass is 317 g/mol. The van der Waals surface area contributed by atoms with Crippen molar-refractivity contribution in [3.05, 3.63) is 29.6 Å². The maximum atomic E-state index is 12.1. The van der Waals surface area contributed by atoms with Gasteiger partial charge in [-0.15, -0.1) is 0 Å².